The first-order chi connectivity index (χ1) is 20.6. The minimum absolute atomic E-state index is 0.109. The molecule has 1 aliphatic heterocycles. The van der Waals surface area contributed by atoms with Gasteiger partial charge in [-0.2, -0.15) is 0 Å². The molecule has 0 amide bonds. The van der Waals surface area contributed by atoms with E-state index in [2.05, 4.69) is 15.9 Å². The Bertz CT molecular complexity index is 1720. The van der Waals surface area contributed by atoms with Crippen molar-refractivity contribution in [3.63, 3.8) is 0 Å². The second kappa shape index (κ2) is 12.1. The summed E-state index contributed by atoms with van der Waals surface area (Å²) in [7, 11) is -2.39. The molecule has 1 heterocycles. The first kappa shape index (κ1) is 30.7. The van der Waals surface area contributed by atoms with Crippen LogP contribution in [0.5, 0.6) is 0 Å². The van der Waals surface area contributed by atoms with Gasteiger partial charge >= 0.3 is 11.9 Å². The Morgan fingerprint density at radius 3 is 1.86 bits per heavy atom. The maximum atomic E-state index is 14.9. The van der Waals surface area contributed by atoms with Crippen molar-refractivity contribution in [2.45, 2.75) is 29.6 Å². The molecule has 11 heteroatoms. The standard InChI is InChI=1S/C32H28BrClN2O6S/c1-21-9-19-27(20-10-21)43(39,40)36-29(23-11-15-24(33)16-12-23)35(26-7-5-4-6-8-26)28(22-13-17-25(34)18-14-22)32(36,30(37)41-2)31(38)42-3/h4-20,28-29H,1-3H3/t28-,29+/m0/s1. The molecule has 0 aromatic heterocycles. The summed E-state index contributed by atoms with van der Waals surface area (Å²) < 4.78 is 42.1. The lowest BCUT2D eigenvalue weighted by molar-refractivity contribution is -0.168. The lowest BCUT2D eigenvalue weighted by Crippen LogP contribution is -2.62. The third kappa shape index (κ3) is 5.22. The van der Waals surface area contributed by atoms with Gasteiger partial charge in [0.15, 0.2) is 0 Å². The smallest absolute Gasteiger partial charge is 0.341 e. The van der Waals surface area contributed by atoms with Crippen molar-refractivity contribution in [3.05, 3.63) is 129 Å². The summed E-state index contributed by atoms with van der Waals surface area (Å²) in [5, 5.41) is 0.420. The van der Waals surface area contributed by atoms with Gasteiger partial charge in [0, 0.05) is 15.2 Å². The zero-order valence-electron chi connectivity index (χ0n) is 23.5. The molecule has 0 bridgehead atoms. The number of esters is 2. The molecule has 8 nitrogen and oxygen atoms in total. The predicted octanol–water partition coefficient (Wildman–Crippen LogP) is 6.45. The van der Waals surface area contributed by atoms with Gasteiger partial charge in [-0.15, -0.1) is 4.31 Å². The molecule has 43 heavy (non-hydrogen) atoms. The van der Waals surface area contributed by atoms with E-state index in [1.165, 1.54) is 12.1 Å². The molecule has 5 rings (SSSR count). The second-order valence-corrected chi connectivity index (χ2v) is 13.2. The molecule has 0 N–H and O–H groups in total. The Kier molecular flexibility index (Phi) is 8.67. The molecule has 1 saturated heterocycles. The number of halogens is 2. The van der Waals surface area contributed by atoms with Gasteiger partial charge in [0.1, 0.15) is 6.17 Å². The van der Waals surface area contributed by atoms with Crippen LogP contribution in [0.25, 0.3) is 0 Å². The molecular weight excluding hydrogens is 656 g/mol. The van der Waals surface area contributed by atoms with Gasteiger partial charge < -0.3 is 14.4 Å². The quantitative estimate of drug-likeness (QED) is 0.163. The molecule has 0 saturated carbocycles. The zero-order chi connectivity index (χ0) is 30.9. The fourth-order valence-electron chi connectivity index (χ4n) is 5.58. The number of carbonyl (C=O) groups excluding carboxylic acids is 2. The van der Waals surface area contributed by atoms with Crippen LogP contribution in [0.1, 0.15) is 28.9 Å². The van der Waals surface area contributed by atoms with Crippen LogP contribution < -0.4 is 4.90 Å². The molecule has 4 aromatic rings. The first-order valence-electron chi connectivity index (χ1n) is 13.2. The van der Waals surface area contributed by atoms with Crippen LogP contribution in [0, 0.1) is 6.92 Å². The highest BCUT2D eigenvalue weighted by Gasteiger charge is 2.73. The number of anilines is 1. The van der Waals surface area contributed by atoms with Crippen LogP contribution >= 0.6 is 27.5 Å². The number of ether oxygens (including phenoxy) is 2. The minimum atomic E-state index is -4.62. The molecule has 1 aliphatic rings. The van der Waals surface area contributed by atoms with Gasteiger partial charge in [-0.3, -0.25) is 0 Å². The zero-order valence-corrected chi connectivity index (χ0v) is 26.6. The number of sulfonamides is 1. The van der Waals surface area contributed by atoms with Crippen LogP contribution in [0.4, 0.5) is 5.69 Å². The number of nitrogens with zero attached hydrogens (tertiary/aromatic N) is 2. The largest absolute Gasteiger partial charge is 0.467 e. The van der Waals surface area contributed by atoms with E-state index >= 15 is 0 Å². The van der Waals surface area contributed by atoms with E-state index in [9.17, 15) is 18.0 Å². The lowest BCUT2D eigenvalue weighted by Gasteiger charge is -2.36. The van der Waals surface area contributed by atoms with E-state index in [-0.39, 0.29) is 4.90 Å². The van der Waals surface area contributed by atoms with E-state index in [4.69, 9.17) is 21.1 Å². The molecule has 222 valence electrons. The van der Waals surface area contributed by atoms with E-state index in [1.54, 1.807) is 89.8 Å². The second-order valence-electron chi connectivity index (χ2n) is 9.99. The fourth-order valence-corrected chi connectivity index (χ4v) is 7.79. The molecule has 4 aromatic carbocycles. The maximum Gasteiger partial charge on any atom is 0.341 e. The number of hydrogen-bond donors (Lipinski definition) is 0. The van der Waals surface area contributed by atoms with Crippen molar-refractivity contribution in [3.8, 4) is 0 Å². The van der Waals surface area contributed by atoms with Gasteiger partial charge in [0.25, 0.3) is 5.54 Å². The minimum Gasteiger partial charge on any atom is -0.467 e. The van der Waals surface area contributed by atoms with E-state index in [1.807, 2.05) is 13.0 Å². The summed E-state index contributed by atoms with van der Waals surface area (Å²) in [6.07, 6.45) is -1.21. The average molecular weight is 684 g/mol. The van der Waals surface area contributed by atoms with Crippen molar-refractivity contribution in [2.24, 2.45) is 0 Å². The van der Waals surface area contributed by atoms with Crippen LogP contribution in [0.15, 0.2) is 112 Å². The number of rotatable bonds is 7. The molecule has 0 unspecified atom stereocenters. The lowest BCUT2D eigenvalue weighted by atomic mass is 9.85. The van der Waals surface area contributed by atoms with E-state index < -0.39 is 39.7 Å². The highest BCUT2D eigenvalue weighted by molar-refractivity contribution is 9.10. The monoisotopic (exact) mass is 682 g/mol. The summed E-state index contributed by atoms with van der Waals surface area (Å²) in [6, 6.07) is 27.5. The number of para-hydroxylation sites is 1. The highest BCUT2D eigenvalue weighted by atomic mass is 79.9. The van der Waals surface area contributed by atoms with Crippen molar-refractivity contribution < 1.29 is 27.5 Å². The SMILES string of the molecule is COC(=O)C1(C(=O)OC)[C@H](c2ccc(Cl)cc2)N(c2ccccc2)[C@@H](c2ccc(Br)cc2)N1S(=O)(=O)c1ccc(C)cc1. The average Bonchev–Trinajstić information content (AvgIpc) is 3.35. The van der Waals surface area contributed by atoms with Crippen LogP contribution in [0.3, 0.4) is 0 Å². The Balaban J connectivity index is 1.97. The summed E-state index contributed by atoms with van der Waals surface area (Å²) in [6.45, 7) is 1.83. The number of aryl methyl sites for hydroxylation is 1. The Morgan fingerprint density at radius 2 is 1.33 bits per heavy atom. The maximum absolute atomic E-state index is 14.9. The van der Waals surface area contributed by atoms with Gasteiger partial charge in [-0.25, -0.2) is 18.0 Å². The van der Waals surface area contributed by atoms with E-state index in [0.717, 1.165) is 28.6 Å². The summed E-state index contributed by atoms with van der Waals surface area (Å²) >= 11 is 9.70. The number of benzene rings is 4. The van der Waals surface area contributed by atoms with Crippen LogP contribution in [-0.2, 0) is 29.1 Å². The van der Waals surface area contributed by atoms with Gasteiger partial charge in [0.2, 0.25) is 10.0 Å². The van der Waals surface area contributed by atoms with E-state index in [0.29, 0.717) is 21.8 Å². The third-order valence-electron chi connectivity index (χ3n) is 7.49. The Hall–Kier alpha value is -3.70. The molecule has 0 aliphatic carbocycles. The highest BCUT2D eigenvalue weighted by Crippen LogP contribution is 2.56. The summed E-state index contributed by atoms with van der Waals surface area (Å²) in [5.41, 5.74) is -0.213. The topological polar surface area (TPSA) is 93.2 Å². The molecule has 2 atom stereocenters. The first-order valence-corrected chi connectivity index (χ1v) is 15.8. The Morgan fingerprint density at radius 1 is 0.791 bits per heavy atom. The summed E-state index contributed by atoms with van der Waals surface area (Å²) in [4.78, 5) is 30.1. The molecule has 1 fully saturated rings. The number of hydrogen-bond acceptors (Lipinski definition) is 7. The van der Waals surface area contributed by atoms with Crippen LogP contribution in [0.2, 0.25) is 5.02 Å². The number of methoxy groups -OCH3 is 2. The van der Waals surface area contributed by atoms with Crippen LogP contribution in [-0.4, -0.2) is 44.4 Å². The molecule has 0 spiro atoms. The molecular formula is C32H28BrClN2O6S. The Labute approximate surface area is 264 Å². The third-order valence-corrected chi connectivity index (χ3v) is 10.1. The van der Waals surface area contributed by atoms with Crippen molar-refractivity contribution >= 4 is 55.2 Å². The van der Waals surface area contributed by atoms with Crippen molar-refractivity contribution in [2.75, 3.05) is 19.1 Å². The van der Waals surface area contributed by atoms with Gasteiger partial charge in [-0.05, 0) is 66.6 Å². The number of carbonyl (C=O) groups is 2. The summed E-state index contributed by atoms with van der Waals surface area (Å²) in [5.74, 6) is -2.20. The van der Waals surface area contributed by atoms with Gasteiger partial charge in [0.05, 0.1) is 25.2 Å². The predicted molar refractivity (Wildman–Crippen MR) is 167 cm³/mol. The fraction of sp³-hybridized carbons (Fsp3) is 0.188. The van der Waals surface area contributed by atoms with Crippen molar-refractivity contribution in [1.82, 2.24) is 4.31 Å². The normalized spacial score (nSPS) is 18.3. The van der Waals surface area contributed by atoms with Gasteiger partial charge in [-0.1, -0.05) is 87.7 Å². The molecule has 0 radical (unpaired) electrons. The van der Waals surface area contributed by atoms with Crippen molar-refractivity contribution in [1.29, 1.82) is 0 Å².